The smallest absolute Gasteiger partial charge is 0.358 e. The van der Waals surface area contributed by atoms with E-state index < -0.39 is 11.8 Å². The summed E-state index contributed by atoms with van der Waals surface area (Å²) in [6, 6.07) is 10.3. The summed E-state index contributed by atoms with van der Waals surface area (Å²) in [5, 5.41) is 0.491. The number of aromatic nitrogens is 5. The lowest BCUT2D eigenvalue weighted by Gasteiger charge is -2.26. The maximum Gasteiger partial charge on any atom is 0.358 e. The molecule has 200 valence electrons. The average molecular weight is 533 g/mol. The first-order valence-corrected chi connectivity index (χ1v) is 12.7. The summed E-state index contributed by atoms with van der Waals surface area (Å²) in [6.07, 6.45) is 5.30. The highest BCUT2D eigenvalue weighted by atomic mass is 19.1. The van der Waals surface area contributed by atoms with Gasteiger partial charge >= 0.3 is 5.97 Å². The van der Waals surface area contributed by atoms with Gasteiger partial charge in [-0.05, 0) is 48.7 Å². The molecule has 0 radical (unpaired) electrons. The normalized spacial score (nSPS) is 15.4. The number of anilines is 1. The topological polar surface area (TPSA) is 98.2 Å². The molecule has 1 atom stereocenters. The molecule has 11 heteroatoms. The first-order chi connectivity index (χ1) is 19.0. The zero-order chi connectivity index (χ0) is 26.9. The Morgan fingerprint density at radius 2 is 1.92 bits per heavy atom. The van der Waals surface area contributed by atoms with Crippen LogP contribution in [0.2, 0.25) is 0 Å². The number of nitrogens with zero attached hydrogens (tertiary/aromatic N) is 5. The predicted octanol–water partition coefficient (Wildman–Crippen LogP) is 4.57. The number of imidazole rings is 1. The molecular formula is C28H26F2N6O3. The monoisotopic (exact) mass is 532 g/mol. The van der Waals surface area contributed by atoms with Gasteiger partial charge < -0.3 is 23.9 Å². The first kappa shape index (κ1) is 24.8. The van der Waals surface area contributed by atoms with Crippen LogP contribution in [-0.2, 0) is 18.2 Å². The first-order valence-electron chi connectivity index (χ1n) is 12.7. The molecule has 2 aromatic carbocycles. The van der Waals surface area contributed by atoms with Gasteiger partial charge in [-0.25, -0.2) is 28.5 Å². The van der Waals surface area contributed by atoms with Crippen molar-refractivity contribution in [1.82, 2.24) is 24.5 Å². The van der Waals surface area contributed by atoms with Gasteiger partial charge in [0.1, 0.15) is 30.1 Å². The van der Waals surface area contributed by atoms with Gasteiger partial charge in [-0.2, -0.15) is 0 Å². The van der Waals surface area contributed by atoms with Crippen LogP contribution in [0.5, 0.6) is 5.75 Å². The van der Waals surface area contributed by atoms with Crippen LogP contribution in [0.3, 0.4) is 0 Å². The van der Waals surface area contributed by atoms with Crippen LogP contribution < -0.4 is 9.64 Å². The van der Waals surface area contributed by atoms with E-state index in [4.69, 9.17) is 9.47 Å². The highest BCUT2D eigenvalue weighted by Crippen LogP contribution is 2.35. The molecule has 0 aliphatic carbocycles. The third-order valence-corrected chi connectivity index (χ3v) is 7.12. The van der Waals surface area contributed by atoms with E-state index in [1.54, 1.807) is 36.1 Å². The highest BCUT2D eigenvalue weighted by molar-refractivity contribution is 6.01. The van der Waals surface area contributed by atoms with Crippen molar-refractivity contribution in [3.05, 3.63) is 78.0 Å². The van der Waals surface area contributed by atoms with E-state index in [1.807, 2.05) is 0 Å². The molecule has 1 N–H and O–H groups in total. The average Bonchev–Trinajstić information content (AvgIpc) is 3.66. The van der Waals surface area contributed by atoms with Crippen molar-refractivity contribution in [3.63, 3.8) is 0 Å². The number of fused-ring (bicyclic) bond motifs is 2. The van der Waals surface area contributed by atoms with Gasteiger partial charge in [-0.1, -0.05) is 12.1 Å². The molecule has 0 spiro atoms. The zero-order valence-electron chi connectivity index (χ0n) is 21.2. The molecule has 0 saturated carbocycles. The van der Waals surface area contributed by atoms with Crippen molar-refractivity contribution in [2.24, 2.45) is 7.05 Å². The molecule has 4 heterocycles. The number of hydrogen-bond donors (Lipinski definition) is 1. The molecule has 6 rings (SSSR count). The molecule has 1 aliphatic heterocycles. The maximum absolute atomic E-state index is 14.3. The van der Waals surface area contributed by atoms with E-state index in [0.29, 0.717) is 23.0 Å². The third kappa shape index (κ3) is 4.75. The summed E-state index contributed by atoms with van der Waals surface area (Å²) >= 11 is 0. The fourth-order valence-electron chi connectivity index (χ4n) is 5.18. The molecule has 1 unspecified atom stereocenters. The number of nitrogens with one attached hydrogen (secondary N) is 1. The van der Waals surface area contributed by atoms with E-state index in [-0.39, 0.29) is 36.5 Å². The number of esters is 1. The molecule has 1 fully saturated rings. The summed E-state index contributed by atoms with van der Waals surface area (Å²) in [6.45, 7) is 1.14. The summed E-state index contributed by atoms with van der Waals surface area (Å²) in [5.41, 5.74) is 3.04. The van der Waals surface area contributed by atoms with Crippen molar-refractivity contribution < 1.29 is 23.0 Å². The Morgan fingerprint density at radius 1 is 1.10 bits per heavy atom. The van der Waals surface area contributed by atoms with Crippen molar-refractivity contribution in [3.8, 4) is 5.75 Å². The number of hydrogen-bond acceptors (Lipinski definition) is 7. The second kappa shape index (κ2) is 10.3. The van der Waals surface area contributed by atoms with E-state index in [2.05, 4.69) is 24.8 Å². The molecule has 5 aromatic rings. The SMILES string of the molecule is Cn1c(C(=O)OCCc2ccc(F)cc2)c(OCC2CCCN2c2ncnc3nc[nH]c23)c2cc(F)ccc21. The predicted molar refractivity (Wildman–Crippen MR) is 141 cm³/mol. The Balaban J connectivity index is 1.24. The zero-order valence-corrected chi connectivity index (χ0v) is 21.2. The van der Waals surface area contributed by atoms with Gasteiger partial charge in [0.2, 0.25) is 0 Å². The minimum Gasteiger partial charge on any atom is -0.488 e. The van der Waals surface area contributed by atoms with E-state index in [0.717, 1.165) is 36.3 Å². The second-order valence-electron chi connectivity index (χ2n) is 9.51. The van der Waals surface area contributed by atoms with Crippen molar-refractivity contribution in [2.45, 2.75) is 25.3 Å². The standard InChI is InChI=1S/C28H26F2N6O3/c1-35-22-9-8-19(30)13-21(22)25(24(35)28(37)38-12-10-17-4-6-18(29)7-5-17)39-14-20-3-2-11-36(20)27-23-26(32-15-31-23)33-16-34-27/h4-9,13,15-16,20H,2-3,10-12,14H2,1H3,(H,31,32,33,34). The van der Waals surface area contributed by atoms with Crippen LogP contribution in [-0.4, -0.2) is 56.3 Å². The summed E-state index contributed by atoms with van der Waals surface area (Å²) in [7, 11) is 1.72. The summed E-state index contributed by atoms with van der Waals surface area (Å²) < 4.78 is 41.0. The quantitative estimate of drug-likeness (QED) is 0.292. The molecule has 1 aliphatic rings. The lowest BCUT2D eigenvalue weighted by Crippen LogP contribution is -2.35. The van der Waals surface area contributed by atoms with Crippen molar-refractivity contribution >= 4 is 33.9 Å². The van der Waals surface area contributed by atoms with E-state index in [1.165, 1.54) is 30.6 Å². The van der Waals surface area contributed by atoms with Crippen LogP contribution in [0.1, 0.15) is 28.9 Å². The van der Waals surface area contributed by atoms with Gasteiger partial charge in [0.15, 0.2) is 22.9 Å². The minimum absolute atomic E-state index is 0.0300. The molecule has 0 bridgehead atoms. The molecule has 9 nitrogen and oxygen atoms in total. The molecule has 39 heavy (non-hydrogen) atoms. The van der Waals surface area contributed by atoms with Gasteiger partial charge in [0.25, 0.3) is 0 Å². The molecular weight excluding hydrogens is 506 g/mol. The fraction of sp³-hybridized carbons (Fsp3) is 0.286. The Bertz CT molecular complexity index is 1650. The number of H-pyrrole nitrogens is 1. The lowest BCUT2D eigenvalue weighted by molar-refractivity contribution is 0.0493. The molecule has 0 amide bonds. The lowest BCUT2D eigenvalue weighted by atomic mass is 10.2. The Kier molecular flexibility index (Phi) is 6.55. The summed E-state index contributed by atoms with van der Waals surface area (Å²) in [5.74, 6) is -0.313. The van der Waals surface area contributed by atoms with Crippen LogP contribution in [0.15, 0.2) is 55.1 Å². The number of ether oxygens (including phenoxy) is 2. The fourth-order valence-corrected chi connectivity index (χ4v) is 5.18. The number of aryl methyl sites for hydroxylation is 1. The Labute approximate surface area is 222 Å². The third-order valence-electron chi connectivity index (χ3n) is 7.12. The number of aromatic amines is 1. The Hall–Kier alpha value is -4.54. The second-order valence-corrected chi connectivity index (χ2v) is 9.51. The van der Waals surface area contributed by atoms with Crippen LogP contribution >= 0.6 is 0 Å². The largest absolute Gasteiger partial charge is 0.488 e. The van der Waals surface area contributed by atoms with E-state index >= 15 is 0 Å². The highest BCUT2D eigenvalue weighted by Gasteiger charge is 2.30. The van der Waals surface area contributed by atoms with Crippen LogP contribution in [0.25, 0.3) is 22.1 Å². The maximum atomic E-state index is 14.3. The molecule has 3 aromatic heterocycles. The van der Waals surface area contributed by atoms with Gasteiger partial charge in [0.05, 0.1) is 24.5 Å². The molecule has 1 saturated heterocycles. The van der Waals surface area contributed by atoms with Gasteiger partial charge in [0, 0.05) is 25.4 Å². The van der Waals surface area contributed by atoms with Gasteiger partial charge in [-0.15, -0.1) is 0 Å². The number of rotatable bonds is 8. The van der Waals surface area contributed by atoms with Crippen LogP contribution in [0, 0.1) is 11.6 Å². The Morgan fingerprint density at radius 3 is 2.77 bits per heavy atom. The number of benzene rings is 2. The number of carbonyl (C=O) groups is 1. The number of carbonyl (C=O) groups excluding carboxylic acids is 1. The number of halogens is 2. The van der Waals surface area contributed by atoms with E-state index in [9.17, 15) is 13.6 Å². The van der Waals surface area contributed by atoms with Crippen molar-refractivity contribution in [1.29, 1.82) is 0 Å². The summed E-state index contributed by atoms with van der Waals surface area (Å²) in [4.78, 5) is 31.4. The van der Waals surface area contributed by atoms with Gasteiger partial charge in [-0.3, -0.25) is 0 Å². The van der Waals surface area contributed by atoms with Crippen molar-refractivity contribution in [2.75, 3.05) is 24.7 Å². The minimum atomic E-state index is -0.579. The van der Waals surface area contributed by atoms with Crippen LogP contribution in [0.4, 0.5) is 14.6 Å².